The van der Waals surface area contributed by atoms with E-state index in [-0.39, 0.29) is 18.2 Å². The van der Waals surface area contributed by atoms with Gasteiger partial charge in [0.15, 0.2) is 11.9 Å². The second kappa shape index (κ2) is 5.24. The molecule has 0 radical (unpaired) electrons. The van der Waals surface area contributed by atoms with Crippen molar-refractivity contribution in [1.82, 2.24) is 9.55 Å². The van der Waals surface area contributed by atoms with Crippen molar-refractivity contribution in [2.75, 3.05) is 31.8 Å². The van der Waals surface area contributed by atoms with Crippen LogP contribution in [0.2, 0.25) is 0 Å². The molecule has 0 N–H and O–H groups in total. The largest absolute Gasteiger partial charge is 0.467 e. The third kappa shape index (κ3) is 2.29. The van der Waals surface area contributed by atoms with Crippen LogP contribution in [0.5, 0.6) is 0 Å². The van der Waals surface area contributed by atoms with E-state index in [0.29, 0.717) is 19.0 Å². The van der Waals surface area contributed by atoms with E-state index in [1.54, 1.807) is 21.9 Å². The molecule has 3 rings (SSSR count). The van der Waals surface area contributed by atoms with Crippen molar-refractivity contribution in [3.63, 3.8) is 0 Å². The van der Waals surface area contributed by atoms with Crippen molar-refractivity contribution in [2.45, 2.75) is 24.9 Å². The summed E-state index contributed by atoms with van der Waals surface area (Å²) in [5, 5.41) is 0. The molecule has 1 unspecified atom stereocenters. The van der Waals surface area contributed by atoms with Gasteiger partial charge in [0.05, 0.1) is 20.3 Å². The van der Waals surface area contributed by atoms with Crippen LogP contribution in [0.3, 0.4) is 0 Å². The Morgan fingerprint density at radius 2 is 2.30 bits per heavy atom. The maximum Gasteiger partial charge on any atom is 0.330 e. The van der Waals surface area contributed by atoms with Crippen molar-refractivity contribution in [2.24, 2.45) is 0 Å². The van der Waals surface area contributed by atoms with E-state index in [0.717, 1.165) is 12.8 Å². The predicted molar refractivity (Wildman–Crippen MR) is 70.7 cm³/mol. The summed E-state index contributed by atoms with van der Waals surface area (Å²) in [6.45, 7) is 1.13. The molecule has 1 atom stereocenters. The lowest BCUT2D eigenvalue weighted by Crippen LogP contribution is -2.53. The first-order valence-corrected chi connectivity index (χ1v) is 6.71. The number of nitrogens with zero attached hydrogens (tertiary/aromatic N) is 3. The number of ether oxygens (including phenoxy) is 2. The molecule has 7 nitrogen and oxygen atoms in total. The van der Waals surface area contributed by atoms with Gasteiger partial charge in [-0.05, 0) is 12.8 Å². The Kier molecular flexibility index (Phi) is 3.43. The Hall–Kier alpha value is -1.89. The molecule has 2 fully saturated rings. The Balaban J connectivity index is 1.95. The van der Waals surface area contributed by atoms with E-state index in [9.17, 15) is 9.59 Å². The Morgan fingerprint density at radius 3 is 3.00 bits per heavy atom. The summed E-state index contributed by atoms with van der Waals surface area (Å²) in [5.74, 6) is -0.106. The smallest absolute Gasteiger partial charge is 0.330 e. The Labute approximate surface area is 116 Å². The first-order chi connectivity index (χ1) is 9.72. The first kappa shape index (κ1) is 13.1. The van der Waals surface area contributed by atoms with E-state index in [1.807, 2.05) is 0 Å². The van der Waals surface area contributed by atoms with Gasteiger partial charge >= 0.3 is 5.97 Å². The maximum absolute atomic E-state index is 12.5. The van der Waals surface area contributed by atoms with Crippen molar-refractivity contribution >= 4 is 11.8 Å². The highest BCUT2D eigenvalue weighted by Gasteiger charge is 2.34. The van der Waals surface area contributed by atoms with Gasteiger partial charge in [-0.15, -0.1) is 0 Å². The molecular formula is C13H17N3O4. The second-order valence-corrected chi connectivity index (χ2v) is 5.00. The summed E-state index contributed by atoms with van der Waals surface area (Å²) >= 11 is 0. The molecular weight excluding hydrogens is 262 g/mol. The number of hydrogen-bond acceptors (Lipinski definition) is 6. The van der Waals surface area contributed by atoms with Gasteiger partial charge < -0.3 is 18.9 Å². The molecule has 108 valence electrons. The van der Waals surface area contributed by atoms with Crippen LogP contribution < -0.4 is 10.5 Å². The zero-order valence-electron chi connectivity index (χ0n) is 11.3. The Bertz CT molecular complexity index is 567. The molecule has 1 saturated heterocycles. The van der Waals surface area contributed by atoms with E-state index in [2.05, 4.69) is 4.98 Å². The number of morpholine rings is 1. The predicted octanol–water partition coefficient (Wildman–Crippen LogP) is -0.0436. The second-order valence-electron chi connectivity index (χ2n) is 5.00. The lowest BCUT2D eigenvalue weighted by molar-refractivity contribution is -0.144. The monoisotopic (exact) mass is 279 g/mol. The fourth-order valence-electron chi connectivity index (χ4n) is 2.44. The highest BCUT2D eigenvalue weighted by Crippen LogP contribution is 2.33. The van der Waals surface area contributed by atoms with Crippen LogP contribution in [0.1, 0.15) is 18.9 Å². The van der Waals surface area contributed by atoms with Crippen LogP contribution in [-0.4, -0.2) is 48.4 Å². The molecule has 1 aliphatic carbocycles. The number of methoxy groups -OCH3 is 1. The van der Waals surface area contributed by atoms with E-state index < -0.39 is 12.0 Å². The number of carbonyl (C=O) groups excluding carboxylic acids is 1. The number of hydrogen-bond donors (Lipinski definition) is 0. The molecule has 7 heteroatoms. The normalized spacial score (nSPS) is 22.6. The molecule has 1 aliphatic heterocycles. The third-order valence-corrected chi connectivity index (χ3v) is 3.66. The van der Waals surface area contributed by atoms with Crippen LogP contribution in [0.4, 0.5) is 5.82 Å². The van der Waals surface area contributed by atoms with Gasteiger partial charge in [-0.25, -0.2) is 9.78 Å². The fourth-order valence-corrected chi connectivity index (χ4v) is 2.44. The molecule has 1 saturated carbocycles. The minimum Gasteiger partial charge on any atom is -0.467 e. The molecule has 2 heterocycles. The Morgan fingerprint density at radius 1 is 1.50 bits per heavy atom. The summed E-state index contributed by atoms with van der Waals surface area (Å²) in [6.07, 6.45) is 5.36. The van der Waals surface area contributed by atoms with E-state index >= 15 is 0 Å². The van der Waals surface area contributed by atoms with E-state index in [1.165, 1.54) is 7.11 Å². The molecule has 0 bridgehead atoms. The number of rotatable bonds is 3. The van der Waals surface area contributed by atoms with Crippen molar-refractivity contribution in [3.05, 3.63) is 22.7 Å². The van der Waals surface area contributed by atoms with Gasteiger partial charge in [0.25, 0.3) is 5.56 Å². The minimum atomic E-state index is -0.607. The van der Waals surface area contributed by atoms with Crippen LogP contribution in [-0.2, 0) is 14.3 Å². The van der Waals surface area contributed by atoms with Crippen LogP contribution in [0.15, 0.2) is 17.2 Å². The van der Waals surface area contributed by atoms with Gasteiger partial charge in [-0.3, -0.25) is 4.79 Å². The van der Waals surface area contributed by atoms with Crippen LogP contribution >= 0.6 is 0 Å². The summed E-state index contributed by atoms with van der Waals surface area (Å²) in [7, 11) is 1.33. The average molecular weight is 279 g/mol. The molecule has 0 amide bonds. The fraction of sp³-hybridized carbons (Fsp3) is 0.615. The lowest BCUT2D eigenvalue weighted by atomic mass is 10.2. The van der Waals surface area contributed by atoms with Gasteiger partial charge in [-0.2, -0.15) is 0 Å². The number of aromatic nitrogens is 2. The summed E-state index contributed by atoms with van der Waals surface area (Å²) in [4.78, 5) is 30.1. The molecule has 20 heavy (non-hydrogen) atoms. The number of carbonyl (C=O) groups is 1. The topological polar surface area (TPSA) is 73.7 Å². The molecule has 1 aromatic rings. The number of anilines is 1. The van der Waals surface area contributed by atoms with Crippen LogP contribution in [0.25, 0.3) is 0 Å². The van der Waals surface area contributed by atoms with Crippen molar-refractivity contribution < 1.29 is 14.3 Å². The van der Waals surface area contributed by atoms with Crippen LogP contribution in [0, 0.1) is 0 Å². The highest BCUT2D eigenvalue weighted by atomic mass is 16.5. The first-order valence-electron chi connectivity index (χ1n) is 6.71. The SMILES string of the molecule is COC(=O)C1COCCN1c1nccn(C2CC2)c1=O. The summed E-state index contributed by atoms with van der Waals surface area (Å²) in [5.41, 5.74) is -0.147. The molecule has 2 aliphatic rings. The third-order valence-electron chi connectivity index (χ3n) is 3.66. The molecule has 0 spiro atoms. The lowest BCUT2D eigenvalue weighted by Gasteiger charge is -2.34. The summed E-state index contributed by atoms with van der Waals surface area (Å²) in [6, 6.07) is -0.328. The number of esters is 1. The minimum absolute atomic E-state index is 0.147. The van der Waals surface area contributed by atoms with Crippen molar-refractivity contribution in [3.8, 4) is 0 Å². The molecule has 1 aromatic heterocycles. The molecule has 0 aromatic carbocycles. The summed E-state index contributed by atoms with van der Waals surface area (Å²) < 4.78 is 11.8. The highest BCUT2D eigenvalue weighted by molar-refractivity contribution is 5.79. The van der Waals surface area contributed by atoms with E-state index in [4.69, 9.17) is 9.47 Å². The van der Waals surface area contributed by atoms with Gasteiger partial charge in [0, 0.05) is 25.0 Å². The maximum atomic E-state index is 12.5. The average Bonchev–Trinajstić information content (AvgIpc) is 3.31. The zero-order valence-corrected chi connectivity index (χ0v) is 11.3. The van der Waals surface area contributed by atoms with Crippen molar-refractivity contribution in [1.29, 1.82) is 0 Å². The standard InChI is InChI=1S/C13H17N3O4/c1-19-13(18)10-8-20-7-6-16(10)11-12(17)15(5-4-14-11)9-2-3-9/h4-5,9-10H,2-3,6-8H2,1H3. The quantitative estimate of drug-likeness (QED) is 0.723. The van der Waals surface area contributed by atoms with Gasteiger partial charge in [0.2, 0.25) is 0 Å². The van der Waals surface area contributed by atoms with Gasteiger partial charge in [-0.1, -0.05) is 0 Å². The van der Waals surface area contributed by atoms with Gasteiger partial charge in [0.1, 0.15) is 0 Å². The zero-order chi connectivity index (χ0) is 14.1.